The Kier molecular flexibility index (Phi) is 6.01. The molecule has 4 aromatic rings. The molecule has 0 radical (unpaired) electrons. The number of hydrogen-bond donors (Lipinski definition) is 4. The number of nitrogens with zero attached hydrogens (tertiary/aromatic N) is 5. The number of rotatable bonds is 6. The summed E-state index contributed by atoms with van der Waals surface area (Å²) in [6, 6.07) is 11.4. The van der Waals surface area contributed by atoms with Crippen LogP contribution in [0.25, 0.3) is 16.9 Å². The van der Waals surface area contributed by atoms with Gasteiger partial charge < -0.3 is 21.5 Å². The second-order valence-electron chi connectivity index (χ2n) is 8.25. The maximum absolute atomic E-state index is 14.9. The van der Waals surface area contributed by atoms with Gasteiger partial charge in [0.05, 0.1) is 17.3 Å². The van der Waals surface area contributed by atoms with E-state index < -0.39 is 23.8 Å². The number of nitrogens with two attached hydrogens (primary N) is 1. The zero-order valence-corrected chi connectivity index (χ0v) is 18.7. The van der Waals surface area contributed by atoms with Gasteiger partial charge >= 0.3 is 0 Å². The number of amides is 1. The molecule has 1 fully saturated rings. The Morgan fingerprint density at radius 2 is 2.08 bits per heavy atom. The van der Waals surface area contributed by atoms with Gasteiger partial charge in [0.1, 0.15) is 23.8 Å². The Morgan fingerprint density at radius 1 is 1.28 bits per heavy atom. The number of aliphatic hydroxyl groups excluding tert-OH is 1. The number of carbonyl (C=O) groups is 1. The fourth-order valence-electron chi connectivity index (χ4n) is 4.19. The van der Waals surface area contributed by atoms with E-state index in [4.69, 9.17) is 11.0 Å². The molecular formula is C24H20F2N8O2. The quantitative estimate of drug-likeness (QED) is 0.318. The van der Waals surface area contributed by atoms with Crippen molar-refractivity contribution < 1.29 is 18.7 Å². The largest absolute Gasteiger partial charge is 0.380 e. The first-order chi connectivity index (χ1) is 17.4. The van der Waals surface area contributed by atoms with Crippen molar-refractivity contribution in [3.05, 3.63) is 76.6 Å². The average molecular weight is 490 g/mol. The van der Waals surface area contributed by atoms with Crippen LogP contribution < -0.4 is 16.4 Å². The number of fused-ring (bicyclic) bond motifs is 1. The molecule has 5 N–H and O–H groups in total. The van der Waals surface area contributed by atoms with Crippen LogP contribution in [0, 0.1) is 23.0 Å². The molecule has 36 heavy (non-hydrogen) atoms. The summed E-state index contributed by atoms with van der Waals surface area (Å²) in [5.74, 6) is -1.84. The Balaban J connectivity index is 1.50. The Hall–Kier alpha value is -4.47. The molecule has 10 nitrogen and oxygen atoms in total. The number of halogens is 2. The lowest BCUT2D eigenvalue weighted by atomic mass is 10.0. The lowest BCUT2D eigenvalue weighted by Crippen LogP contribution is -2.36. The Labute approximate surface area is 203 Å². The van der Waals surface area contributed by atoms with E-state index in [1.54, 1.807) is 12.1 Å². The van der Waals surface area contributed by atoms with Crippen molar-refractivity contribution >= 4 is 17.5 Å². The number of aromatic nitrogens is 4. The van der Waals surface area contributed by atoms with Gasteiger partial charge in [-0.1, -0.05) is 18.2 Å². The third-order valence-corrected chi connectivity index (χ3v) is 6.01. The fraction of sp³-hybridized carbons (Fsp3) is 0.208. The van der Waals surface area contributed by atoms with Crippen molar-refractivity contribution in [2.45, 2.75) is 25.1 Å². The van der Waals surface area contributed by atoms with Gasteiger partial charge in [0.25, 0.3) is 0 Å². The van der Waals surface area contributed by atoms with E-state index in [2.05, 4.69) is 25.7 Å². The summed E-state index contributed by atoms with van der Waals surface area (Å²) >= 11 is 0. The molecule has 2 unspecified atom stereocenters. The summed E-state index contributed by atoms with van der Waals surface area (Å²) in [4.78, 5) is 20.3. The van der Waals surface area contributed by atoms with E-state index in [0.29, 0.717) is 18.5 Å². The molecule has 2 atom stereocenters. The van der Waals surface area contributed by atoms with Crippen LogP contribution in [-0.2, 0) is 11.3 Å². The van der Waals surface area contributed by atoms with Gasteiger partial charge in [-0.2, -0.15) is 9.78 Å². The van der Waals surface area contributed by atoms with Gasteiger partial charge in [0, 0.05) is 30.3 Å². The molecule has 2 aromatic carbocycles. The summed E-state index contributed by atoms with van der Waals surface area (Å²) in [7, 11) is 0. The van der Waals surface area contributed by atoms with Crippen molar-refractivity contribution in [1.29, 1.82) is 5.26 Å². The first kappa shape index (κ1) is 23.3. The van der Waals surface area contributed by atoms with Gasteiger partial charge in [0.15, 0.2) is 11.5 Å². The van der Waals surface area contributed by atoms with Crippen LogP contribution in [0.4, 0.5) is 14.7 Å². The average Bonchev–Trinajstić information content (AvgIpc) is 3.49. The number of nitrogen functional groups attached to an aromatic ring is 1. The van der Waals surface area contributed by atoms with Crippen LogP contribution in [0.5, 0.6) is 0 Å². The summed E-state index contributed by atoms with van der Waals surface area (Å²) in [6.45, 7) is 0.695. The molecule has 1 aliphatic heterocycles. The highest BCUT2D eigenvalue weighted by molar-refractivity contribution is 5.83. The maximum atomic E-state index is 14.9. The molecule has 182 valence electrons. The summed E-state index contributed by atoms with van der Waals surface area (Å²) < 4.78 is 30.7. The summed E-state index contributed by atoms with van der Waals surface area (Å²) in [6.07, 6.45) is -0.950. The minimum Gasteiger partial charge on any atom is -0.380 e. The third-order valence-electron chi connectivity index (χ3n) is 6.01. The summed E-state index contributed by atoms with van der Waals surface area (Å²) in [5.41, 5.74) is 6.57. The van der Waals surface area contributed by atoms with E-state index in [-0.39, 0.29) is 52.3 Å². The van der Waals surface area contributed by atoms with Gasteiger partial charge in [0.2, 0.25) is 11.9 Å². The molecule has 12 heteroatoms. The SMILES string of the molecule is N#Cc1cccc(-c2cc3nc(C(O)c4c(F)cccc4CNC4CCNC4=O)nn3c(N)n2)c1F. The topological polar surface area (TPSA) is 154 Å². The fourth-order valence-corrected chi connectivity index (χ4v) is 4.19. The minimum atomic E-state index is -1.55. The smallest absolute Gasteiger partial charge is 0.237 e. The molecule has 1 amide bonds. The first-order valence-corrected chi connectivity index (χ1v) is 11.1. The molecule has 2 aromatic heterocycles. The monoisotopic (exact) mass is 490 g/mol. The van der Waals surface area contributed by atoms with Crippen molar-refractivity contribution in [3.8, 4) is 17.3 Å². The number of nitrogens with one attached hydrogen (secondary N) is 2. The van der Waals surface area contributed by atoms with Crippen LogP contribution in [0.3, 0.4) is 0 Å². The number of aliphatic hydroxyl groups is 1. The van der Waals surface area contributed by atoms with Gasteiger partial charge in [-0.25, -0.2) is 18.7 Å². The molecule has 0 spiro atoms. The van der Waals surface area contributed by atoms with E-state index >= 15 is 0 Å². The number of benzene rings is 2. The highest BCUT2D eigenvalue weighted by Crippen LogP contribution is 2.29. The molecule has 0 bridgehead atoms. The molecule has 1 saturated heterocycles. The zero-order chi connectivity index (χ0) is 25.4. The molecule has 1 aliphatic rings. The number of nitriles is 1. The van der Waals surface area contributed by atoms with Gasteiger partial charge in [-0.05, 0) is 30.2 Å². The molecule has 3 heterocycles. The second kappa shape index (κ2) is 9.29. The Bertz CT molecular complexity index is 1530. The van der Waals surface area contributed by atoms with Crippen LogP contribution in [0.1, 0.15) is 35.0 Å². The first-order valence-electron chi connectivity index (χ1n) is 11.1. The number of carbonyl (C=O) groups excluding carboxylic acids is 1. The van der Waals surface area contributed by atoms with Gasteiger partial charge in [-0.3, -0.25) is 4.79 Å². The normalized spacial score (nSPS) is 16.2. The molecule has 5 rings (SSSR count). The third kappa shape index (κ3) is 4.10. The van der Waals surface area contributed by atoms with Crippen LogP contribution >= 0.6 is 0 Å². The van der Waals surface area contributed by atoms with Crippen LogP contribution in [0.2, 0.25) is 0 Å². The Morgan fingerprint density at radius 3 is 2.83 bits per heavy atom. The van der Waals surface area contributed by atoms with Crippen molar-refractivity contribution in [2.24, 2.45) is 0 Å². The van der Waals surface area contributed by atoms with E-state index in [9.17, 15) is 18.7 Å². The van der Waals surface area contributed by atoms with Crippen molar-refractivity contribution in [1.82, 2.24) is 30.2 Å². The van der Waals surface area contributed by atoms with E-state index in [0.717, 1.165) is 4.52 Å². The van der Waals surface area contributed by atoms with Gasteiger partial charge in [-0.15, -0.1) is 5.10 Å². The van der Waals surface area contributed by atoms with Crippen molar-refractivity contribution in [2.75, 3.05) is 12.3 Å². The molecule has 0 saturated carbocycles. The number of hydrogen-bond acceptors (Lipinski definition) is 8. The second-order valence-corrected chi connectivity index (χ2v) is 8.25. The lowest BCUT2D eigenvalue weighted by molar-refractivity contribution is -0.120. The summed E-state index contributed by atoms with van der Waals surface area (Å²) in [5, 5.41) is 30.1. The van der Waals surface area contributed by atoms with E-state index in [1.807, 2.05) is 0 Å². The van der Waals surface area contributed by atoms with Crippen LogP contribution in [-0.4, -0.2) is 43.2 Å². The number of anilines is 1. The predicted molar refractivity (Wildman–Crippen MR) is 124 cm³/mol. The van der Waals surface area contributed by atoms with Crippen molar-refractivity contribution in [3.63, 3.8) is 0 Å². The van der Waals surface area contributed by atoms with Crippen LogP contribution in [0.15, 0.2) is 42.5 Å². The molecule has 0 aliphatic carbocycles. The highest BCUT2D eigenvalue weighted by Gasteiger charge is 2.27. The highest BCUT2D eigenvalue weighted by atomic mass is 19.1. The zero-order valence-electron chi connectivity index (χ0n) is 18.7. The minimum absolute atomic E-state index is 0.0427. The maximum Gasteiger partial charge on any atom is 0.237 e. The lowest BCUT2D eigenvalue weighted by Gasteiger charge is -2.16. The molecular weight excluding hydrogens is 470 g/mol. The standard InChI is InChI=1S/C24H20F2N8O2/c25-15-6-2-4-13(11-30-16-7-8-29-23(16)36)19(15)21(35)22-32-18-9-17(31-24(28)34(18)33-22)14-5-1-3-12(10-27)20(14)26/h1-6,9,16,21,30,35H,7-8,11H2,(H2,28,31)(H,29,36). The predicted octanol–water partition coefficient (Wildman–Crippen LogP) is 1.58. The van der Waals surface area contributed by atoms with E-state index in [1.165, 1.54) is 36.4 Å².